The number of benzene rings is 1. The van der Waals surface area contributed by atoms with Crippen LogP contribution in [0.1, 0.15) is 16.6 Å². The molecule has 0 aliphatic carbocycles. The minimum Gasteiger partial charge on any atom is -0.296 e. The Bertz CT molecular complexity index is 645. The lowest BCUT2D eigenvalue weighted by Gasteiger charge is -2.30. The van der Waals surface area contributed by atoms with Gasteiger partial charge in [-0.1, -0.05) is 12.1 Å². The van der Waals surface area contributed by atoms with Gasteiger partial charge in [-0.2, -0.15) is 17.0 Å². The summed E-state index contributed by atoms with van der Waals surface area (Å²) in [5.74, 6) is 2.32. The third-order valence-corrected chi connectivity index (χ3v) is 5.46. The fourth-order valence-corrected chi connectivity index (χ4v) is 4.59. The Balaban J connectivity index is 1.88. The second-order valence-electron chi connectivity index (χ2n) is 4.83. The molecule has 0 N–H and O–H groups in total. The fraction of sp³-hybridized carbons (Fsp3) is 0.333. The molecule has 2 heterocycles. The van der Waals surface area contributed by atoms with Gasteiger partial charge in [-0.3, -0.25) is 4.90 Å². The van der Waals surface area contributed by atoms with Crippen LogP contribution in [0.4, 0.5) is 0 Å². The van der Waals surface area contributed by atoms with Gasteiger partial charge in [0.2, 0.25) is 0 Å². The van der Waals surface area contributed by atoms with Crippen LogP contribution < -0.4 is 0 Å². The average molecular weight is 301 g/mol. The lowest BCUT2D eigenvalue weighted by atomic mass is 10.1. The molecule has 3 rings (SSSR count). The van der Waals surface area contributed by atoms with Crippen LogP contribution in [-0.2, 0) is 0 Å². The van der Waals surface area contributed by atoms with E-state index < -0.39 is 0 Å². The van der Waals surface area contributed by atoms with Gasteiger partial charge in [0.15, 0.2) is 0 Å². The summed E-state index contributed by atoms with van der Waals surface area (Å²) in [4.78, 5) is 7.16. The van der Waals surface area contributed by atoms with Gasteiger partial charge >= 0.3 is 0 Å². The van der Waals surface area contributed by atoms with Gasteiger partial charge in [0.1, 0.15) is 5.01 Å². The van der Waals surface area contributed by atoms with E-state index >= 15 is 0 Å². The molecule has 1 fully saturated rings. The maximum absolute atomic E-state index is 8.98. The number of thioether (sulfide) groups is 1. The summed E-state index contributed by atoms with van der Waals surface area (Å²) in [6, 6.07) is 10.2. The molecule has 1 aromatic carbocycles. The van der Waals surface area contributed by atoms with Crippen molar-refractivity contribution in [1.29, 1.82) is 5.26 Å². The summed E-state index contributed by atoms with van der Waals surface area (Å²) < 4.78 is 0. The molecule has 1 aromatic heterocycles. The standard InChI is InChI=1S/C15H15N3S2/c1-18-5-6-19-10-14(18)15-17-13(9-20-15)12-4-2-3-11(7-12)8-16/h2-4,7,9,14H,5-6,10H2,1H3. The Kier molecular flexibility index (Phi) is 4.06. The molecule has 1 unspecified atom stereocenters. The van der Waals surface area contributed by atoms with Crippen molar-refractivity contribution in [3.05, 3.63) is 40.2 Å². The Morgan fingerprint density at radius 3 is 3.15 bits per heavy atom. The third-order valence-electron chi connectivity index (χ3n) is 3.49. The van der Waals surface area contributed by atoms with Crippen molar-refractivity contribution >= 4 is 23.1 Å². The largest absolute Gasteiger partial charge is 0.296 e. The number of hydrogen-bond acceptors (Lipinski definition) is 5. The van der Waals surface area contributed by atoms with E-state index in [0.717, 1.165) is 23.6 Å². The van der Waals surface area contributed by atoms with Crippen molar-refractivity contribution in [3.8, 4) is 17.3 Å². The van der Waals surface area contributed by atoms with E-state index in [4.69, 9.17) is 10.2 Å². The highest BCUT2D eigenvalue weighted by Gasteiger charge is 2.23. The highest BCUT2D eigenvalue weighted by Crippen LogP contribution is 2.32. The van der Waals surface area contributed by atoms with Gasteiger partial charge in [-0.05, 0) is 19.2 Å². The molecule has 0 spiro atoms. The van der Waals surface area contributed by atoms with E-state index in [1.54, 1.807) is 11.3 Å². The number of rotatable bonds is 2. The van der Waals surface area contributed by atoms with Gasteiger partial charge in [-0.25, -0.2) is 4.98 Å². The van der Waals surface area contributed by atoms with Crippen LogP contribution in [0.15, 0.2) is 29.6 Å². The van der Waals surface area contributed by atoms with Gasteiger partial charge in [-0.15, -0.1) is 11.3 Å². The van der Waals surface area contributed by atoms with Crippen molar-refractivity contribution in [1.82, 2.24) is 9.88 Å². The molecule has 1 aliphatic rings. The molecule has 0 radical (unpaired) electrons. The zero-order valence-corrected chi connectivity index (χ0v) is 12.9. The predicted molar refractivity (Wildman–Crippen MR) is 85.0 cm³/mol. The van der Waals surface area contributed by atoms with Crippen LogP contribution in [-0.4, -0.2) is 35.0 Å². The fourth-order valence-electron chi connectivity index (χ4n) is 2.27. The van der Waals surface area contributed by atoms with Crippen LogP contribution in [0.2, 0.25) is 0 Å². The lowest BCUT2D eigenvalue weighted by molar-refractivity contribution is 0.274. The monoisotopic (exact) mass is 301 g/mol. The van der Waals surface area contributed by atoms with Gasteiger partial charge in [0, 0.05) is 29.0 Å². The first-order valence-electron chi connectivity index (χ1n) is 6.52. The summed E-state index contributed by atoms with van der Waals surface area (Å²) in [7, 11) is 2.17. The van der Waals surface area contributed by atoms with Gasteiger partial charge in [0.25, 0.3) is 0 Å². The predicted octanol–water partition coefficient (Wildman–Crippen LogP) is 3.40. The second-order valence-corrected chi connectivity index (χ2v) is 6.87. The number of nitriles is 1. The minimum atomic E-state index is 0.423. The zero-order valence-electron chi connectivity index (χ0n) is 11.2. The van der Waals surface area contributed by atoms with E-state index in [2.05, 4.69) is 23.4 Å². The van der Waals surface area contributed by atoms with E-state index in [1.807, 2.05) is 36.0 Å². The van der Waals surface area contributed by atoms with Crippen molar-refractivity contribution in [2.24, 2.45) is 0 Å². The van der Waals surface area contributed by atoms with Crippen LogP contribution in [0, 0.1) is 11.3 Å². The highest BCUT2D eigenvalue weighted by atomic mass is 32.2. The van der Waals surface area contributed by atoms with Crippen LogP contribution in [0.25, 0.3) is 11.3 Å². The topological polar surface area (TPSA) is 39.9 Å². The first kappa shape index (κ1) is 13.6. The minimum absolute atomic E-state index is 0.423. The smallest absolute Gasteiger partial charge is 0.111 e. The Labute approximate surface area is 127 Å². The Morgan fingerprint density at radius 1 is 1.45 bits per heavy atom. The first-order chi connectivity index (χ1) is 9.78. The molecule has 1 saturated heterocycles. The lowest BCUT2D eigenvalue weighted by Crippen LogP contribution is -2.32. The molecule has 0 amide bonds. The summed E-state index contributed by atoms with van der Waals surface area (Å²) in [6.07, 6.45) is 0. The highest BCUT2D eigenvalue weighted by molar-refractivity contribution is 7.99. The molecule has 1 atom stereocenters. The quantitative estimate of drug-likeness (QED) is 0.852. The van der Waals surface area contributed by atoms with Crippen molar-refractivity contribution in [3.63, 3.8) is 0 Å². The van der Waals surface area contributed by atoms with Crippen molar-refractivity contribution in [2.75, 3.05) is 25.1 Å². The van der Waals surface area contributed by atoms with Gasteiger partial charge in [0.05, 0.1) is 23.4 Å². The normalized spacial score (nSPS) is 19.7. The number of hydrogen-bond donors (Lipinski definition) is 0. The van der Waals surface area contributed by atoms with Crippen LogP contribution in [0.3, 0.4) is 0 Å². The summed E-state index contributed by atoms with van der Waals surface area (Å²) in [6.45, 7) is 1.12. The molecule has 1 aliphatic heterocycles. The first-order valence-corrected chi connectivity index (χ1v) is 8.55. The molecule has 0 bridgehead atoms. The van der Waals surface area contributed by atoms with Gasteiger partial charge < -0.3 is 0 Å². The number of nitrogens with zero attached hydrogens (tertiary/aromatic N) is 3. The molecule has 5 heteroatoms. The van der Waals surface area contributed by atoms with Crippen molar-refractivity contribution < 1.29 is 0 Å². The molecule has 20 heavy (non-hydrogen) atoms. The summed E-state index contributed by atoms with van der Waals surface area (Å²) in [5.41, 5.74) is 2.69. The molecule has 102 valence electrons. The molecule has 3 nitrogen and oxygen atoms in total. The molecule has 2 aromatic rings. The summed E-state index contributed by atoms with van der Waals surface area (Å²) >= 11 is 3.71. The molecular weight excluding hydrogens is 286 g/mol. The number of thiazole rings is 1. The Hall–Kier alpha value is -1.35. The number of aromatic nitrogens is 1. The van der Waals surface area contributed by atoms with Crippen molar-refractivity contribution in [2.45, 2.75) is 6.04 Å². The van der Waals surface area contributed by atoms with E-state index in [1.165, 1.54) is 10.8 Å². The van der Waals surface area contributed by atoms with Crippen LogP contribution >= 0.6 is 23.1 Å². The van der Waals surface area contributed by atoms with E-state index in [-0.39, 0.29) is 0 Å². The second kappa shape index (κ2) is 5.96. The van der Waals surface area contributed by atoms with E-state index in [0.29, 0.717) is 11.6 Å². The van der Waals surface area contributed by atoms with Crippen LogP contribution in [0.5, 0.6) is 0 Å². The third kappa shape index (κ3) is 2.73. The zero-order chi connectivity index (χ0) is 13.9. The summed E-state index contributed by atoms with van der Waals surface area (Å²) in [5, 5.41) is 12.2. The average Bonchev–Trinajstić information content (AvgIpc) is 2.97. The van der Waals surface area contributed by atoms with E-state index in [9.17, 15) is 0 Å². The Morgan fingerprint density at radius 2 is 2.35 bits per heavy atom. The maximum Gasteiger partial charge on any atom is 0.111 e. The maximum atomic E-state index is 8.98. The molecular formula is C15H15N3S2. The molecule has 0 saturated carbocycles. The SMILES string of the molecule is CN1CCSCC1c1nc(-c2cccc(C#N)c2)cs1.